The van der Waals surface area contributed by atoms with Crippen molar-refractivity contribution in [3.63, 3.8) is 0 Å². The van der Waals surface area contributed by atoms with E-state index in [4.69, 9.17) is 11.5 Å². The highest BCUT2D eigenvalue weighted by Gasteiger charge is 2.22. The lowest BCUT2D eigenvalue weighted by atomic mass is 10.0. The van der Waals surface area contributed by atoms with Crippen LogP contribution in [0, 0.1) is 5.92 Å². The van der Waals surface area contributed by atoms with Gasteiger partial charge >= 0.3 is 0 Å². The Morgan fingerprint density at radius 2 is 1.92 bits per heavy atom. The summed E-state index contributed by atoms with van der Waals surface area (Å²) < 4.78 is 0. The van der Waals surface area contributed by atoms with Crippen LogP contribution in [-0.2, 0) is 11.2 Å². The number of carbonyl (C=O) groups excluding carboxylic acids is 2. The van der Waals surface area contributed by atoms with Crippen molar-refractivity contribution in [1.82, 2.24) is 10.3 Å². The minimum Gasteiger partial charge on any atom is -0.368 e. The Morgan fingerprint density at radius 1 is 1.24 bits per heavy atom. The Morgan fingerprint density at radius 3 is 2.52 bits per heavy atom. The van der Waals surface area contributed by atoms with E-state index in [0.717, 1.165) is 5.56 Å². The standard InChI is InChI=1S/C18H24N4O2S/c1-11(2)8-14(16(20)23)21-17(24)15-10-25-18(22-15)13(19)9-12-6-4-3-5-7-12/h3-7,10-11,13-14H,8-9,19H2,1-2H3,(H2,20,23)(H,21,24). The van der Waals surface area contributed by atoms with Crippen molar-refractivity contribution in [1.29, 1.82) is 0 Å². The van der Waals surface area contributed by atoms with E-state index >= 15 is 0 Å². The van der Waals surface area contributed by atoms with Gasteiger partial charge in [-0.15, -0.1) is 11.3 Å². The SMILES string of the molecule is CC(C)CC(NC(=O)c1csc(C(N)Cc2ccccc2)n1)C(N)=O. The summed E-state index contributed by atoms with van der Waals surface area (Å²) in [7, 11) is 0. The van der Waals surface area contributed by atoms with Gasteiger partial charge in [0.15, 0.2) is 0 Å². The van der Waals surface area contributed by atoms with E-state index in [1.165, 1.54) is 11.3 Å². The van der Waals surface area contributed by atoms with Crippen LogP contribution in [0.3, 0.4) is 0 Å². The van der Waals surface area contributed by atoms with Gasteiger partial charge in [-0.05, 0) is 24.3 Å². The van der Waals surface area contributed by atoms with Gasteiger partial charge in [-0.2, -0.15) is 0 Å². The zero-order valence-corrected chi connectivity index (χ0v) is 15.3. The van der Waals surface area contributed by atoms with Gasteiger partial charge < -0.3 is 16.8 Å². The Bertz CT molecular complexity index is 715. The lowest BCUT2D eigenvalue weighted by Crippen LogP contribution is -2.45. The van der Waals surface area contributed by atoms with Gasteiger partial charge in [0.25, 0.3) is 5.91 Å². The predicted molar refractivity (Wildman–Crippen MR) is 99.1 cm³/mol. The van der Waals surface area contributed by atoms with Gasteiger partial charge in [-0.25, -0.2) is 4.98 Å². The summed E-state index contributed by atoms with van der Waals surface area (Å²) in [5.41, 5.74) is 12.9. The summed E-state index contributed by atoms with van der Waals surface area (Å²) in [5, 5.41) is 5.00. The summed E-state index contributed by atoms with van der Waals surface area (Å²) in [6.07, 6.45) is 1.14. The molecule has 0 bridgehead atoms. The van der Waals surface area contributed by atoms with Crippen molar-refractivity contribution < 1.29 is 9.59 Å². The molecule has 1 aromatic carbocycles. The molecule has 0 aliphatic rings. The summed E-state index contributed by atoms with van der Waals surface area (Å²) in [6.45, 7) is 3.93. The molecule has 2 aromatic rings. The third-order valence-corrected chi connectivity index (χ3v) is 4.70. The van der Waals surface area contributed by atoms with Crippen LogP contribution in [0.1, 0.15) is 47.4 Å². The van der Waals surface area contributed by atoms with Crippen LogP contribution in [0.4, 0.5) is 0 Å². The quantitative estimate of drug-likeness (QED) is 0.668. The molecular weight excluding hydrogens is 336 g/mol. The number of hydrogen-bond acceptors (Lipinski definition) is 5. The van der Waals surface area contributed by atoms with Crippen LogP contribution in [0.5, 0.6) is 0 Å². The Balaban J connectivity index is 2.01. The van der Waals surface area contributed by atoms with Crippen molar-refractivity contribution in [2.45, 2.75) is 38.8 Å². The molecule has 25 heavy (non-hydrogen) atoms. The predicted octanol–water partition coefficient (Wildman–Crippen LogP) is 2.02. The first kappa shape index (κ1) is 19.1. The van der Waals surface area contributed by atoms with Crippen molar-refractivity contribution in [2.24, 2.45) is 17.4 Å². The average Bonchev–Trinajstić information content (AvgIpc) is 3.05. The number of rotatable bonds is 8. The zero-order chi connectivity index (χ0) is 18.4. The summed E-state index contributed by atoms with van der Waals surface area (Å²) in [6, 6.07) is 8.90. The fourth-order valence-electron chi connectivity index (χ4n) is 2.47. The fraction of sp³-hybridized carbons (Fsp3) is 0.389. The first-order valence-electron chi connectivity index (χ1n) is 8.22. The topological polar surface area (TPSA) is 111 Å². The maximum atomic E-state index is 12.3. The number of carbonyl (C=O) groups is 2. The van der Waals surface area contributed by atoms with Crippen LogP contribution >= 0.6 is 11.3 Å². The molecule has 0 aliphatic carbocycles. The lowest BCUT2D eigenvalue weighted by Gasteiger charge is -2.16. The molecule has 0 spiro atoms. The molecule has 2 amide bonds. The lowest BCUT2D eigenvalue weighted by molar-refractivity contribution is -0.120. The normalized spacial score (nSPS) is 13.4. The monoisotopic (exact) mass is 360 g/mol. The van der Waals surface area contributed by atoms with E-state index in [1.807, 2.05) is 44.2 Å². The molecule has 1 aromatic heterocycles. The number of nitrogens with two attached hydrogens (primary N) is 2. The minimum absolute atomic E-state index is 0.239. The molecule has 0 radical (unpaired) electrons. The van der Waals surface area contributed by atoms with Crippen LogP contribution in [0.15, 0.2) is 35.7 Å². The van der Waals surface area contributed by atoms with Crippen LogP contribution < -0.4 is 16.8 Å². The van der Waals surface area contributed by atoms with Crippen molar-refractivity contribution in [3.05, 3.63) is 52.0 Å². The maximum absolute atomic E-state index is 12.3. The molecule has 0 fully saturated rings. The van der Waals surface area contributed by atoms with E-state index in [2.05, 4.69) is 10.3 Å². The van der Waals surface area contributed by atoms with E-state index < -0.39 is 17.9 Å². The van der Waals surface area contributed by atoms with E-state index in [9.17, 15) is 9.59 Å². The van der Waals surface area contributed by atoms with Gasteiger partial charge in [-0.1, -0.05) is 44.2 Å². The average molecular weight is 360 g/mol. The molecule has 0 aliphatic heterocycles. The van der Waals surface area contributed by atoms with Gasteiger partial charge in [0, 0.05) is 5.38 Å². The largest absolute Gasteiger partial charge is 0.368 e. The molecule has 2 unspecified atom stereocenters. The summed E-state index contributed by atoms with van der Waals surface area (Å²) in [4.78, 5) is 28.1. The molecular formula is C18H24N4O2S. The highest BCUT2D eigenvalue weighted by Crippen LogP contribution is 2.20. The van der Waals surface area contributed by atoms with Gasteiger partial charge in [-0.3, -0.25) is 9.59 Å². The highest BCUT2D eigenvalue weighted by molar-refractivity contribution is 7.09. The second-order valence-electron chi connectivity index (χ2n) is 6.43. The molecule has 1 heterocycles. The third-order valence-electron chi connectivity index (χ3n) is 3.73. The van der Waals surface area contributed by atoms with E-state index in [0.29, 0.717) is 17.8 Å². The van der Waals surface area contributed by atoms with Crippen molar-refractivity contribution >= 4 is 23.2 Å². The fourth-order valence-corrected chi connectivity index (χ4v) is 3.27. The molecule has 134 valence electrons. The molecule has 2 rings (SSSR count). The molecule has 6 nitrogen and oxygen atoms in total. The first-order valence-corrected chi connectivity index (χ1v) is 9.10. The first-order chi connectivity index (χ1) is 11.9. The summed E-state index contributed by atoms with van der Waals surface area (Å²) in [5.74, 6) is -0.708. The third kappa shape index (κ3) is 5.65. The zero-order valence-electron chi connectivity index (χ0n) is 14.4. The van der Waals surface area contributed by atoms with Gasteiger partial charge in [0.05, 0.1) is 6.04 Å². The summed E-state index contributed by atoms with van der Waals surface area (Å²) >= 11 is 1.34. The number of hydrogen-bond donors (Lipinski definition) is 3. The van der Waals surface area contributed by atoms with Crippen LogP contribution in [-0.4, -0.2) is 22.8 Å². The number of aromatic nitrogens is 1. The van der Waals surface area contributed by atoms with Gasteiger partial charge in [0.2, 0.25) is 5.91 Å². The number of thiazole rings is 1. The molecule has 7 heteroatoms. The number of benzene rings is 1. The van der Waals surface area contributed by atoms with Gasteiger partial charge in [0.1, 0.15) is 16.7 Å². The number of amides is 2. The van der Waals surface area contributed by atoms with E-state index in [-0.39, 0.29) is 17.7 Å². The molecule has 2 atom stereocenters. The smallest absolute Gasteiger partial charge is 0.271 e. The minimum atomic E-state index is -0.698. The highest BCUT2D eigenvalue weighted by atomic mass is 32.1. The molecule has 5 N–H and O–H groups in total. The Hall–Kier alpha value is -2.25. The van der Waals surface area contributed by atoms with Crippen LogP contribution in [0.25, 0.3) is 0 Å². The van der Waals surface area contributed by atoms with Crippen molar-refractivity contribution in [3.8, 4) is 0 Å². The molecule has 0 saturated heterocycles. The van der Waals surface area contributed by atoms with E-state index in [1.54, 1.807) is 5.38 Å². The Kier molecular flexibility index (Phi) is 6.66. The second kappa shape index (κ2) is 8.73. The maximum Gasteiger partial charge on any atom is 0.271 e. The Labute approximate surface area is 151 Å². The molecule has 0 saturated carbocycles. The van der Waals surface area contributed by atoms with Crippen molar-refractivity contribution in [2.75, 3.05) is 0 Å². The number of nitrogens with one attached hydrogen (secondary N) is 1. The van der Waals surface area contributed by atoms with Crippen LogP contribution in [0.2, 0.25) is 0 Å². The number of primary amides is 1. The second-order valence-corrected chi connectivity index (χ2v) is 7.31. The number of nitrogens with zero attached hydrogens (tertiary/aromatic N) is 1.